The van der Waals surface area contributed by atoms with Crippen LogP contribution in [-0.4, -0.2) is 23.6 Å². The molecular formula is C16H19N3. The van der Waals surface area contributed by atoms with Gasteiger partial charge in [-0.25, -0.2) is 4.98 Å². The zero-order valence-corrected chi connectivity index (χ0v) is 11.0. The second-order valence-corrected chi connectivity index (χ2v) is 5.93. The highest BCUT2D eigenvalue weighted by atomic mass is 15.1. The van der Waals surface area contributed by atoms with Gasteiger partial charge in [0.15, 0.2) is 0 Å². The second-order valence-electron chi connectivity index (χ2n) is 5.93. The second kappa shape index (κ2) is 4.49. The van der Waals surface area contributed by atoms with Gasteiger partial charge in [0.2, 0.25) is 0 Å². The van der Waals surface area contributed by atoms with Crippen LogP contribution >= 0.6 is 0 Å². The van der Waals surface area contributed by atoms with Crippen molar-refractivity contribution < 1.29 is 0 Å². The van der Waals surface area contributed by atoms with Crippen molar-refractivity contribution in [3.8, 4) is 0 Å². The number of pyridine rings is 1. The summed E-state index contributed by atoms with van der Waals surface area (Å²) >= 11 is 0. The Labute approximate surface area is 113 Å². The van der Waals surface area contributed by atoms with Gasteiger partial charge in [0.05, 0.1) is 0 Å². The molecule has 2 aromatic rings. The molecule has 1 unspecified atom stereocenters. The number of nitrogens with one attached hydrogen (secondary N) is 2. The topological polar surface area (TPSA) is 37.0 Å². The van der Waals surface area contributed by atoms with Crippen molar-refractivity contribution in [2.75, 3.05) is 11.9 Å². The maximum Gasteiger partial charge on any atom is 0.126 e. The van der Waals surface area contributed by atoms with Crippen LogP contribution in [0.15, 0.2) is 36.5 Å². The predicted molar refractivity (Wildman–Crippen MR) is 78.3 cm³/mol. The van der Waals surface area contributed by atoms with Crippen LogP contribution in [-0.2, 0) is 0 Å². The van der Waals surface area contributed by atoms with E-state index < -0.39 is 0 Å². The summed E-state index contributed by atoms with van der Waals surface area (Å²) in [6.07, 6.45) is 6.05. The number of aromatic nitrogens is 1. The lowest BCUT2D eigenvalue weighted by Gasteiger charge is -2.46. The van der Waals surface area contributed by atoms with Gasteiger partial charge in [-0.15, -0.1) is 0 Å². The first kappa shape index (κ1) is 11.2. The number of benzene rings is 1. The van der Waals surface area contributed by atoms with Gasteiger partial charge in [-0.05, 0) is 36.6 Å². The molecule has 1 saturated carbocycles. The molecule has 5 rings (SSSR count). The molecule has 1 aliphatic carbocycles. The number of fused-ring (bicyclic) bond motifs is 3. The Morgan fingerprint density at radius 2 is 2.00 bits per heavy atom. The highest BCUT2D eigenvalue weighted by Gasteiger charge is 2.37. The number of hydrogen-bond donors (Lipinski definition) is 2. The van der Waals surface area contributed by atoms with Gasteiger partial charge in [0.25, 0.3) is 0 Å². The maximum absolute atomic E-state index is 4.48. The smallest absolute Gasteiger partial charge is 0.126 e. The summed E-state index contributed by atoms with van der Waals surface area (Å²) in [6, 6.07) is 11.9. The van der Waals surface area contributed by atoms with Gasteiger partial charge >= 0.3 is 0 Å². The molecule has 1 atom stereocenters. The van der Waals surface area contributed by atoms with E-state index in [4.69, 9.17) is 0 Å². The van der Waals surface area contributed by atoms with Crippen LogP contribution in [0.3, 0.4) is 0 Å². The molecule has 3 nitrogen and oxygen atoms in total. The van der Waals surface area contributed by atoms with Crippen molar-refractivity contribution >= 4 is 16.6 Å². The van der Waals surface area contributed by atoms with Gasteiger partial charge in [-0.2, -0.15) is 0 Å². The van der Waals surface area contributed by atoms with Crippen molar-refractivity contribution in [1.82, 2.24) is 10.3 Å². The highest BCUT2D eigenvalue weighted by molar-refractivity contribution is 5.83. The summed E-state index contributed by atoms with van der Waals surface area (Å²) < 4.78 is 0. The Balaban J connectivity index is 1.43. The molecule has 2 N–H and O–H groups in total. The van der Waals surface area contributed by atoms with Crippen molar-refractivity contribution in [3.05, 3.63) is 36.5 Å². The summed E-state index contributed by atoms with van der Waals surface area (Å²) in [6.45, 7) is 0.984. The molecule has 0 amide bonds. The quantitative estimate of drug-likeness (QED) is 0.883. The fraction of sp³-hybridized carbons (Fsp3) is 0.438. The zero-order chi connectivity index (χ0) is 12.7. The molecule has 3 heterocycles. The van der Waals surface area contributed by atoms with Crippen molar-refractivity contribution in [2.24, 2.45) is 5.92 Å². The third-order valence-corrected chi connectivity index (χ3v) is 4.49. The Kier molecular flexibility index (Phi) is 2.66. The SMILES string of the molecule is c1ccc2cc(NCC3CC4CC(C4)N3)ncc2c1. The molecule has 3 heteroatoms. The molecule has 0 radical (unpaired) electrons. The first-order valence-corrected chi connectivity index (χ1v) is 7.21. The first-order chi connectivity index (χ1) is 9.37. The van der Waals surface area contributed by atoms with Crippen LogP contribution in [0, 0.1) is 5.92 Å². The minimum atomic E-state index is 0.616. The Morgan fingerprint density at radius 1 is 1.16 bits per heavy atom. The molecular weight excluding hydrogens is 234 g/mol. The van der Waals surface area contributed by atoms with E-state index in [9.17, 15) is 0 Å². The van der Waals surface area contributed by atoms with Crippen molar-refractivity contribution in [1.29, 1.82) is 0 Å². The van der Waals surface area contributed by atoms with Crippen LogP contribution < -0.4 is 10.6 Å². The fourth-order valence-electron chi connectivity index (χ4n) is 3.42. The monoisotopic (exact) mass is 253 g/mol. The largest absolute Gasteiger partial charge is 0.368 e. The predicted octanol–water partition coefficient (Wildman–Crippen LogP) is 2.79. The van der Waals surface area contributed by atoms with E-state index in [1.54, 1.807) is 0 Å². The molecule has 1 aromatic carbocycles. The van der Waals surface area contributed by atoms with E-state index >= 15 is 0 Å². The maximum atomic E-state index is 4.48. The van der Waals surface area contributed by atoms with Gasteiger partial charge in [-0.1, -0.05) is 24.3 Å². The third kappa shape index (κ3) is 2.19. The number of anilines is 1. The van der Waals surface area contributed by atoms with E-state index in [0.717, 1.165) is 24.3 Å². The molecule has 0 spiro atoms. The van der Waals surface area contributed by atoms with Gasteiger partial charge in [0, 0.05) is 30.2 Å². The van der Waals surface area contributed by atoms with E-state index in [-0.39, 0.29) is 0 Å². The van der Waals surface area contributed by atoms with E-state index in [1.807, 2.05) is 6.20 Å². The van der Waals surface area contributed by atoms with E-state index in [2.05, 4.69) is 45.9 Å². The van der Waals surface area contributed by atoms with Gasteiger partial charge < -0.3 is 10.6 Å². The summed E-state index contributed by atoms with van der Waals surface area (Å²) in [5.74, 6) is 1.96. The summed E-state index contributed by atoms with van der Waals surface area (Å²) in [5.41, 5.74) is 0. The normalized spacial score (nSPS) is 28.9. The Morgan fingerprint density at radius 3 is 2.79 bits per heavy atom. The zero-order valence-electron chi connectivity index (χ0n) is 11.0. The van der Waals surface area contributed by atoms with Gasteiger partial charge in [-0.3, -0.25) is 0 Å². The van der Waals surface area contributed by atoms with Gasteiger partial charge in [0.1, 0.15) is 5.82 Å². The lowest BCUT2D eigenvalue weighted by Crippen LogP contribution is -2.56. The minimum absolute atomic E-state index is 0.616. The summed E-state index contributed by atoms with van der Waals surface area (Å²) in [4.78, 5) is 4.48. The molecule has 2 bridgehead atoms. The molecule has 3 fully saturated rings. The van der Waals surface area contributed by atoms with Crippen LogP contribution in [0.4, 0.5) is 5.82 Å². The average molecular weight is 253 g/mol. The average Bonchev–Trinajstić information content (AvgIpc) is 2.44. The molecule has 1 aromatic heterocycles. The Hall–Kier alpha value is -1.61. The lowest BCUT2D eigenvalue weighted by molar-refractivity contribution is 0.121. The first-order valence-electron chi connectivity index (χ1n) is 7.21. The molecule has 3 aliphatic rings. The summed E-state index contributed by atoms with van der Waals surface area (Å²) in [5, 5.41) is 9.62. The number of rotatable bonds is 3. The van der Waals surface area contributed by atoms with Crippen molar-refractivity contribution in [2.45, 2.75) is 31.3 Å². The fourth-order valence-corrected chi connectivity index (χ4v) is 3.42. The summed E-state index contributed by atoms with van der Waals surface area (Å²) in [7, 11) is 0. The van der Waals surface area contributed by atoms with Crippen LogP contribution in [0.5, 0.6) is 0 Å². The van der Waals surface area contributed by atoms with E-state index in [0.29, 0.717) is 6.04 Å². The van der Waals surface area contributed by atoms with Crippen molar-refractivity contribution in [3.63, 3.8) is 0 Å². The Bertz CT molecular complexity index is 579. The molecule has 19 heavy (non-hydrogen) atoms. The molecule has 98 valence electrons. The standard InChI is InChI=1S/C16H19N3/c1-2-4-13-9-17-16(8-12(13)3-1)18-10-15-7-11-5-14(6-11)19-15/h1-4,8-9,11,14-15,19H,5-7,10H2,(H,17,18). The lowest BCUT2D eigenvalue weighted by atomic mass is 9.72. The third-order valence-electron chi connectivity index (χ3n) is 4.49. The molecule has 2 aliphatic heterocycles. The number of piperidine rings is 2. The number of hydrogen-bond acceptors (Lipinski definition) is 3. The van der Waals surface area contributed by atoms with Crippen LogP contribution in [0.2, 0.25) is 0 Å². The number of nitrogens with zero attached hydrogens (tertiary/aromatic N) is 1. The van der Waals surface area contributed by atoms with Crippen LogP contribution in [0.1, 0.15) is 19.3 Å². The highest BCUT2D eigenvalue weighted by Crippen LogP contribution is 2.36. The molecule has 2 saturated heterocycles. The minimum Gasteiger partial charge on any atom is -0.368 e. The van der Waals surface area contributed by atoms with Crippen LogP contribution in [0.25, 0.3) is 10.8 Å². The van der Waals surface area contributed by atoms with E-state index in [1.165, 1.54) is 30.0 Å².